The molecule has 1 rings (SSSR count). The summed E-state index contributed by atoms with van der Waals surface area (Å²) in [5.41, 5.74) is -0.283. The van der Waals surface area contributed by atoms with Gasteiger partial charge in [0.2, 0.25) is 0 Å². The number of hydrogen-bond donors (Lipinski definition) is 1. The maximum absolute atomic E-state index is 13.2. The third-order valence-electron chi connectivity index (χ3n) is 2.07. The zero-order chi connectivity index (χ0) is 12.3. The summed E-state index contributed by atoms with van der Waals surface area (Å²) >= 11 is 0. The highest BCUT2D eigenvalue weighted by molar-refractivity contribution is 5.35. The second-order valence-corrected chi connectivity index (χ2v) is 3.18. The SMILES string of the molecule is COc1cccc(F)c1CC(O)C(F)(F)F. The maximum Gasteiger partial charge on any atom is 0.414 e. The van der Waals surface area contributed by atoms with Gasteiger partial charge in [-0.05, 0) is 12.1 Å². The lowest BCUT2D eigenvalue weighted by Crippen LogP contribution is -2.31. The molecule has 0 saturated heterocycles. The van der Waals surface area contributed by atoms with E-state index < -0.39 is 24.5 Å². The third-order valence-corrected chi connectivity index (χ3v) is 2.07. The lowest BCUT2D eigenvalue weighted by molar-refractivity contribution is -0.203. The number of hydrogen-bond acceptors (Lipinski definition) is 2. The Morgan fingerprint density at radius 1 is 1.38 bits per heavy atom. The largest absolute Gasteiger partial charge is 0.496 e. The molecule has 0 fully saturated rings. The average molecular weight is 238 g/mol. The van der Waals surface area contributed by atoms with Crippen molar-refractivity contribution in [1.29, 1.82) is 0 Å². The normalized spacial score (nSPS) is 13.6. The smallest absolute Gasteiger partial charge is 0.414 e. The van der Waals surface area contributed by atoms with Gasteiger partial charge in [-0.2, -0.15) is 13.2 Å². The number of halogens is 4. The molecule has 0 aliphatic heterocycles. The van der Waals surface area contributed by atoms with Gasteiger partial charge < -0.3 is 9.84 Å². The van der Waals surface area contributed by atoms with Gasteiger partial charge in [-0.1, -0.05) is 6.07 Å². The van der Waals surface area contributed by atoms with Crippen LogP contribution in [0.15, 0.2) is 18.2 Å². The van der Waals surface area contributed by atoms with Crippen molar-refractivity contribution in [2.24, 2.45) is 0 Å². The summed E-state index contributed by atoms with van der Waals surface area (Å²) in [6.07, 6.45) is -8.23. The molecule has 0 radical (unpaired) electrons. The Hall–Kier alpha value is -1.30. The van der Waals surface area contributed by atoms with Crippen LogP contribution < -0.4 is 4.74 Å². The number of methoxy groups -OCH3 is 1. The quantitative estimate of drug-likeness (QED) is 0.819. The van der Waals surface area contributed by atoms with Gasteiger partial charge in [0, 0.05) is 12.0 Å². The van der Waals surface area contributed by atoms with Crippen LogP contribution in [0.3, 0.4) is 0 Å². The summed E-state index contributed by atoms with van der Waals surface area (Å²) in [5.74, 6) is -0.842. The van der Waals surface area contributed by atoms with E-state index in [4.69, 9.17) is 9.84 Å². The monoisotopic (exact) mass is 238 g/mol. The second-order valence-electron chi connectivity index (χ2n) is 3.18. The summed E-state index contributed by atoms with van der Waals surface area (Å²) in [7, 11) is 1.22. The van der Waals surface area contributed by atoms with Gasteiger partial charge in [0.1, 0.15) is 11.6 Å². The van der Waals surface area contributed by atoms with E-state index in [1.807, 2.05) is 0 Å². The number of rotatable bonds is 3. The Morgan fingerprint density at radius 2 is 2.00 bits per heavy atom. The van der Waals surface area contributed by atoms with E-state index >= 15 is 0 Å². The molecule has 1 atom stereocenters. The molecule has 90 valence electrons. The molecule has 1 aromatic rings. The number of aliphatic hydroxyl groups is 1. The van der Waals surface area contributed by atoms with Crippen molar-refractivity contribution >= 4 is 0 Å². The van der Waals surface area contributed by atoms with E-state index in [0.29, 0.717) is 0 Å². The van der Waals surface area contributed by atoms with Crippen LogP contribution in [0.4, 0.5) is 17.6 Å². The predicted octanol–water partition coefficient (Wildman–Crippen LogP) is 2.30. The van der Waals surface area contributed by atoms with E-state index in [0.717, 1.165) is 6.07 Å². The molecule has 1 unspecified atom stereocenters. The summed E-state index contributed by atoms with van der Waals surface area (Å²) in [5, 5.41) is 8.84. The average Bonchev–Trinajstić information content (AvgIpc) is 2.19. The highest BCUT2D eigenvalue weighted by Crippen LogP contribution is 2.28. The molecule has 0 aromatic heterocycles. The summed E-state index contributed by atoms with van der Waals surface area (Å²) in [4.78, 5) is 0. The first-order valence-electron chi connectivity index (χ1n) is 4.42. The van der Waals surface area contributed by atoms with Crippen LogP contribution in [0, 0.1) is 5.82 Å². The summed E-state index contributed by atoms with van der Waals surface area (Å²) in [6, 6.07) is 3.67. The van der Waals surface area contributed by atoms with E-state index in [9.17, 15) is 17.6 Å². The zero-order valence-corrected chi connectivity index (χ0v) is 8.38. The van der Waals surface area contributed by atoms with Gasteiger partial charge in [0.15, 0.2) is 6.10 Å². The molecule has 0 saturated carbocycles. The van der Waals surface area contributed by atoms with Gasteiger partial charge in [-0.25, -0.2) is 4.39 Å². The zero-order valence-electron chi connectivity index (χ0n) is 8.38. The van der Waals surface area contributed by atoms with Crippen LogP contribution in [0.5, 0.6) is 5.75 Å². The van der Waals surface area contributed by atoms with Gasteiger partial charge in [0.25, 0.3) is 0 Å². The number of alkyl halides is 3. The molecule has 0 aliphatic rings. The molecule has 16 heavy (non-hydrogen) atoms. The highest BCUT2D eigenvalue weighted by atomic mass is 19.4. The molecular formula is C10H10F4O2. The van der Waals surface area contributed by atoms with Gasteiger partial charge >= 0.3 is 6.18 Å². The first kappa shape index (κ1) is 12.8. The van der Waals surface area contributed by atoms with E-state index in [2.05, 4.69) is 0 Å². The van der Waals surface area contributed by atoms with E-state index in [1.165, 1.54) is 19.2 Å². The fraction of sp³-hybridized carbons (Fsp3) is 0.400. The minimum atomic E-state index is -4.77. The molecule has 6 heteroatoms. The van der Waals surface area contributed by atoms with Crippen molar-refractivity contribution in [2.75, 3.05) is 7.11 Å². The summed E-state index contributed by atoms with van der Waals surface area (Å²) in [6.45, 7) is 0. The molecule has 1 N–H and O–H groups in total. The van der Waals surface area contributed by atoms with Crippen LogP contribution in [-0.4, -0.2) is 24.5 Å². The van der Waals surface area contributed by atoms with Crippen LogP contribution in [0.1, 0.15) is 5.56 Å². The van der Waals surface area contributed by atoms with Crippen LogP contribution in [0.2, 0.25) is 0 Å². The number of ether oxygens (including phenoxy) is 1. The Labute approximate surface area is 89.5 Å². The van der Waals surface area contributed by atoms with Crippen molar-refractivity contribution in [2.45, 2.75) is 18.7 Å². The number of benzene rings is 1. The van der Waals surface area contributed by atoms with Gasteiger partial charge in [0.05, 0.1) is 7.11 Å². The van der Waals surface area contributed by atoms with E-state index in [-0.39, 0.29) is 11.3 Å². The minimum Gasteiger partial charge on any atom is -0.496 e. The Balaban J connectivity index is 2.96. The fourth-order valence-electron chi connectivity index (χ4n) is 1.24. The highest BCUT2D eigenvalue weighted by Gasteiger charge is 2.39. The Morgan fingerprint density at radius 3 is 2.50 bits per heavy atom. The second kappa shape index (κ2) is 4.69. The molecule has 0 spiro atoms. The molecule has 1 aromatic carbocycles. The summed E-state index contributed by atoms with van der Waals surface area (Å²) < 4.78 is 54.2. The topological polar surface area (TPSA) is 29.5 Å². The Kier molecular flexibility index (Phi) is 3.74. The number of aliphatic hydroxyl groups excluding tert-OH is 1. The molecule has 0 aliphatic carbocycles. The van der Waals surface area contributed by atoms with Gasteiger partial charge in [-0.15, -0.1) is 0 Å². The Bertz CT molecular complexity index is 362. The van der Waals surface area contributed by atoms with Gasteiger partial charge in [-0.3, -0.25) is 0 Å². The van der Waals surface area contributed by atoms with Crippen molar-refractivity contribution in [3.8, 4) is 5.75 Å². The first-order valence-corrected chi connectivity index (χ1v) is 4.42. The lowest BCUT2D eigenvalue weighted by Gasteiger charge is -2.16. The fourth-order valence-corrected chi connectivity index (χ4v) is 1.24. The van der Waals surface area contributed by atoms with E-state index in [1.54, 1.807) is 0 Å². The van der Waals surface area contributed by atoms with Crippen LogP contribution in [-0.2, 0) is 6.42 Å². The third kappa shape index (κ3) is 2.85. The molecular weight excluding hydrogens is 228 g/mol. The van der Waals surface area contributed by atoms with Crippen LogP contribution in [0.25, 0.3) is 0 Å². The van der Waals surface area contributed by atoms with Crippen molar-refractivity contribution in [3.05, 3.63) is 29.6 Å². The lowest BCUT2D eigenvalue weighted by atomic mass is 10.1. The van der Waals surface area contributed by atoms with Crippen molar-refractivity contribution in [1.82, 2.24) is 0 Å². The predicted molar refractivity (Wildman–Crippen MR) is 48.7 cm³/mol. The molecule has 0 amide bonds. The molecule has 0 heterocycles. The minimum absolute atomic E-state index is 0.0108. The standard InChI is InChI=1S/C10H10F4O2/c1-16-8-4-2-3-7(11)6(8)5-9(15)10(12,13)14/h2-4,9,15H,5H2,1H3. The maximum atomic E-state index is 13.2. The van der Waals surface area contributed by atoms with Crippen molar-refractivity contribution in [3.63, 3.8) is 0 Å². The molecule has 2 nitrogen and oxygen atoms in total. The first-order chi connectivity index (χ1) is 7.36. The van der Waals surface area contributed by atoms with Crippen LogP contribution >= 0.6 is 0 Å². The van der Waals surface area contributed by atoms with Crippen molar-refractivity contribution < 1.29 is 27.4 Å². The molecule has 0 bridgehead atoms.